The van der Waals surface area contributed by atoms with Gasteiger partial charge in [-0.2, -0.15) is 0 Å². The second-order valence-corrected chi connectivity index (χ2v) is 6.15. The summed E-state index contributed by atoms with van der Waals surface area (Å²) in [6.45, 7) is 8.00. The molecule has 0 saturated heterocycles. The molecule has 2 aromatic rings. The number of hydrogen-bond acceptors (Lipinski definition) is 2. The Morgan fingerprint density at radius 2 is 1.67 bits per heavy atom. The van der Waals surface area contributed by atoms with Crippen molar-refractivity contribution in [2.24, 2.45) is 0 Å². The predicted octanol–water partition coefficient (Wildman–Crippen LogP) is 3.60. The molecule has 4 nitrogen and oxygen atoms in total. The van der Waals surface area contributed by atoms with Gasteiger partial charge in [0.25, 0.3) is 0 Å². The summed E-state index contributed by atoms with van der Waals surface area (Å²) in [6.07, 6.45) is 0. The van der Waals surface area contributed by atoms with E-state index in [-0.39, 0.29) is 18.4 Å². The van der Waals surface area contributed by atoms with Crippen LogP contribution in [0.3, 0.4) is 0 Å². The molecule has 2 aromatic carbocycles. The van der Waals surface area contributed by atoms with Gasteiger partial charge in [0.2, 0.25) is 11.8 Å². The van der Waals surface area contributed by atoms with Crippen molar-refractivity contribution in [1.82, 2.24) is 4.90 Å². The molecular weight excluding hydrogens is 300 g/mol. The molecule has 0 fully saturated rings. The number of nitrogens with one attached hydrogen (secondary N) is 1. The number of carbonyl (C=O) groups is 2. The summed E-state index contributed by atoms with van der Waals surface area (Å²) in [5.41, 5.74) is 5.21. The zero-order valence-electron chi connectivity index (χ0n) is 14.7. The lowest BCUT2D eigenvalue weighted by Gasteiger charge is -2.21. The van der Waals surface area contributed by atoms with E-state index in [2.05, 4.69) is 5.32 Å². The van der Waals surface area contributed by atoms with Gasteiger partial charge < -0.3 is 10.2 Å². The van der Waals surface area contributed by atoms with E-state index in [1.807, 2.05) is 63.2 Å². The van der Waals surface area contributed by atoms with Crippen molar-refractivity contribution in [3.05, 3.63) is 64.7 Å². The summed E-state index contributed by atoms with van der Waals surface area (Å²) < 4.78 is 0. The zero-order valence-corrected chi connectivity index (χ0v) is 14.7. The first-order valence-electron chi connectivity index (χ1n) is 8.04. The van der Waals surface area contributed by atoms with Gasteiger partial charge in [-0.3, -0.25) is 9.59 Å². The van der Waals surface area contributed by atoms with Gasteiger partial charge in [0.1, 0.15) is 6.54 Å². The molecule has 0 spiro atoms. The number of hydrogen-bond donors (Lipinski definition) is 1. The number of anilines is 1. The summed E-state index contributed by atoms with van der Waals surface area (Å²) >= 11 is 0. The quantitative estimate of drug-likeness (QED) is 0.913. The minimum Gasteiger partial charge on any atom is -0.329 e. The maximum atomic E-state index is 12.3. The lowest BCUT2D eigenvalue weighted by atomic mass is 10.1. The van der Waals surface area contributed by atoms with E-state index in [1.54, 1.807) is 4.90 Å². The number of carbonyl (C=O) groups excluding carboxylic acids is 2. The van der Waals surface area contributed by atoms with Gasteiger partial charge >= 0.3 is 0 Å². The van der Waals surface area contributed by atoms with Crippen molar-refractivity contribution < 1.29 is 9.59 Å². The van der Waals surface area contributed by atoms with Crippen LogP contribution in [-0.2, 0) is 16.1 Å². The highest BCUT2D eigenvalue weighted by atomic mass is 16.2. The Morgan fingerprint density at radius 3 is 2.29 bits per heavy atom. The molecule has 1 N–H and O–H groups in total. The molecule has 0 aliphatic heterocycles. The van der Waals surface area contributed by atoms with Crippen LogP contribution in [0.1, 0.15) is 29.2 Å². The fourth-order valence-corrected chi connectivity index (χ4v) is 2.46. The van der Waals surface area contributed by atoms with Crippen LogP contribution < -0.4 is 5.32 Å². The summed E-state index contributed by atoms with van der Waals surface area (Å²) in [4.78, 5) is 25.7. The SMILES string of the molecule is CC(=O)N(CC(=O)Nc1ccc(C)c(C)c1)Cc1ccccc1C. The highest BCUT2D eigenvalue weighted by Gasteiger charge is 2.15. The fourth-order valence-electron chi connectivity index (χ4n) is 2.46. The molecule has 0 saturated carbocycles. The number of rotatable bonds is 5. The van der Waals surface area contributed by atoms with Crippen LogP contribution >= 0.6 is 0 Å². The minimum absolute atomic E-state index is 0.0383. The predicted molar refractivity (Wildman–Crippen MR) is 96.8 cm³/mol. The summed E-state index contributed by atoms with van der Waals surface area (Å²) in [5, 5.41) is 2.86. The van der Waals surface area contributed by atoms with Crippen molar-refractivity contribution in [3.63, 3.8) is 0 Å². The molecule has 2 rings (SSSR count). The Hall–Kier alpha value is -2.62. The van der Waals surface area contributed by atoms with E-state index in [1.165, 1.54) is 12.5 Å². The van der Waals surface area contributed by atoms with Gasteiger partial charge in [-0.15, -0.1) is 0 Å². The Kier molecular flexibility index (Phi) is 5.74. The molecule has 0 aliphatic carbocycles. The second-order valence-electron chi connectivity index (χ2n) is 6.15. The van der Waals surface area contributed by atoms with Crippen LogP contribution in [0.5, 0.6) is 0 Å². The molecule has 24 heavy (non-hydrogen) atoms. The van der Waals surface area contributed by atoms with Crippen LogP contribution in [0.15, 0.2) is 42.5 Å². The van der Waals surface area contributed by atoms with Crippen molar-refractivity contribution in [2.75, 3.05) is 11.9 Å². The minimum atomic E-state index is -0.193. The van der Waals surface area contributed by atoms with Gasteiger partial charge in [-0.25, -0.2) is 0 Å². The Labute approximate surface area is 143 Å². The molecule has 0 heterocycles. The third-order valence-corrected chi connectivity index (χ3v) is 4.19. The molecule has 0 aromatic heterocycles. The van der Waals surface area contributed by atoms with Crippen LogP contribution in [0.2, 0.25) is 0 Å². The van der Waals surface area contributed by atoms with Crippen LogP contribution in [-0.4, -0.2) is 23.3 Å². The number of aryl methyl sites for hydroxylation is 3. The van der Waals surface area contributed by atoms with E-state index in [0.717, 1.165) is 22.4 Å². The van der Waals surface area contributed by atoms with E-state index in [4.69, 9.17) is 0 Å². The van der Waals surface area contributed by atoms with Gasteiger partial charge in [0, 0.05) is 19.2 Å². The van der Waals surface area contributed by atoms with Crippen molar-refractivity contribution >= 4 is 17.5 Å². The lowest BCUT2D eigenvalue weighted by Crippen LogP contribution is -2.36. The highest BCUT2D eigenvalue weighted by Crippen LogP contribution is 2.15. The first-order chi connectivity index (χ1) is 11.4. The van der Waals surface area contributed by atoms with E-state index in [9.17, 15) is 9.59 Å². The summed E-state index contributed by atoms with van der Waals surface area (Å²) in [5.74, 6) is -0.310. The average molecular weight is 324 g/mol. The van der Waals surface area contributed by atoms with Gasteiger partial charge in [0.15, 0.2) is 0 Å². The van der Waals surface area contributed by atoms with Crippen molar-refractivity contribution in [2.45, 2.75) is 34.2 Å². The number of nitrogens with zero attached hydrogens (tertiary/aromatic N) is 1. The molecule has 0 atom stereocenters. The van der Waals surface area contributed by atoms with Gasteiger partial charge in [0.05, 0.1) is 0 Å². The van der Waals surface area contributed by atoms with Gasteiger partial charge in [-0.1, -0.05) is 30.3 Å². The Morgan fingerprint density at radius 1 is 0.958 bits per heavy atom. The van der Waals surface area contributed by atoms with E-state index < -0.39 is 0 Å². The third kappa shape index (κ3) is 4.69. The maximum absolute atomic E-state index is 12.3. The topological polar surface area (TPSA) is 49.4 Å². The molecular formula is C20H24N2O2. The fraction of sp³-hybridized carbons (Fsp3) is 0.300. The normalized spacial score (nSPS) is 10.3. The third-order valence-electron chi connectivity index (χ3n) is 4.19. The second kappa shape index (κ2) is 7.77. The molecule has 4 heteroatoms. The maximum Gasteiger partial charge on any atom is 0.244 e. The Balaban J connectivity index is 2.04. The van der Waals surface area contributed by atoms with Crippen LogP contribution in [0.25, 0.3) is 0 Å². The standard InChI is InChI=1S/C20H24N2O2/c1-14-9-10-19(11-16(14)3)21-20(24)13-22(17(4)23)12-18-8-6-5-7-15(18)2/h5-11H,12-13H2,1-4H3,(H,21,24). The van der Waals surface area contributed by atoms with Crippen LogP contribution in [0.4, 0.5) is 5.69 Å². The average Bonchev–Trinajstić information content (AvgIpc) is 2.52. The first-order valence-corrected chi connectivity index (χ1v) is 8.04. The number of amides is 2. The molecule has 0 unspecified atom stereocenters. The lowest BCUT2D eigenvalue weighted by molar-refractivity contribution is -0.133. The highest BCUT2D eigenvalue weighted by molar-refractivity contribution is 5.94. The summed E-state index contributed by atoms with van der Waals surface area (Å²) in [7, 11) is 0. The van der Waals surface area contributed by atoms with Crippen molar-refractivity contribution in [1.29, 1.82) is 0 Å². The molecule has 126 valence electrons. The largest absolute Gasteiger partial charge is 0.329 e. The van der Waals surface area contributed by atoms with E-state index in [0.29, 0.717) is 6.54 Å². The summed E-state index contributed by atoms with van der Waals surface area (Å²) in [6, 6.07) is 13.7. The van der Waals surface area contributed by atoms with Gasteiger partial charge in [-0.05, 0) is 55.2 Å². The zero-order chi connectivity index (χ0) is 17.7. The smallest absolute Gasteiger partial charge is 0.244 e. The monoisotopic (exact) mass is 324 g/mol. The van der Waals surface area contributed by atoms with E-state index >= 15 is 0 Å². The van der Waals surface area contributed by atoms with Crippen molar-refractivity contribution in [3.8, 4) is 0 Å². The number of benzene rings is 2. The molecule has 2 amide bonds. The first kappa shape index (κ1) is 17.7. The van der Waals surface area contributed by atoms with Crippen LogP contribution in [0, 0.1) is 20.8 Å². The molecule has 0 radical (unpaired) electrons. The molecule has 0 aliphatic rings. The Bertz CT molecular complexity index is 753. The molecule has 0 bridgehead atoms.